The summed E-state index contributed by atoms with van der Waals surface area (Å²) >= 11 is 0. The maximum Gasteiger partial charge on any atom is 0.125 e. The van der Waals surface area contributed by atoms with Crippen molar-refractivity contribution in [3.8, 4) is 5.75 Å². The lowest BCUT2D eigenvalue weighted by molar-refractivity contribution is 0.0471. The second kappa shape index (κ2) is 5.51. The van der Waals surface area contributed by atoms with Gasteiger partial charge < -0.3 is 15.2 Å². The summed E-state index contributed by atoms with van der Waals surface area (Å²) in [6, 6.07) is 4.04. The van der Waals surface area contributed by atoms with Crippen molar-refractivity contribution in [3.05, 3.63) is 28.8 Å². The van der Waals surface area contributed by atoms with Gasteiger partial charge in [0, 0.05) is 17.6 Å². The second-order valence-corrected chi connectivity index (χ2v) is 6.54. The molecular weight excluding hydrogens is 238 g/mol. The van der Waals surface area contributed by atoms with Gasteiger partial charge in [0.1, 0.15) is 11.4 Å². The molecule has 0 aliphatic heterocycles. The molecule has 1 unspecified atom stereocenters. The number of aliphatic hydroxyl groups is 1. The molecule has 1 atom stereocenters. The number of hydrogen-bond acceptors (Lipinski definition) is 3. The third kappa shape index (κ3) is 4.22. The fourth-order valence-corrected chi connectivity index (χ4v) is 2.31. The largest absolute Gasteiger partial charge is 0.496 e. The zero-order chi connectivity index (χ0) is 14.8. The highest BCUT2D eigenvalue weighted by Gasteiger charge is 2.30. The van der Waals surface area contributed by atoms with Gasteiger partial charge in [0.2, 0.25) is 0 Å². The van der Waals surface area contributed by atoms with E-state index < -0.39 is 5.60 Å². The summed E-state index contributed by atoms with van der Waals surface area (Å²) < 4.78 is 5.44. The summed E-state index contributed by atoms with van der Waals surface area (Å²) in [5.74, 6) is 0.748. The summed E-state index contributed by atoms with van der Waals surface area (Å²) in [5.41, 5.74) is 2.05. The standard InChI is InChI=1S/C16H27NO2/c1-11-8-12(2)14(13(9-11)19-7)16(6,18)10-17-15(3,4)5/h8-9,17-18H,10H2,1-7H3. The second-order valence-electron chi connectivity index (χ2n) is 6.54. The minimum atomic E-state index is -0.962. The Hall–Kier alpha value is -1.06. The van der Waals surface area contributed by atoms with Crippen LogP contribution in [0.25, 0.3) is 0 Å². The molecule has 0 saturated carbocycles. The van der Waals surface area contributed by atoms with Crippen LogP contribution in [0.4, 0.5) is 0 Å². The van der Waals surface area contributed by atoms with Crippen molar-refractivity contribution in [3.63, 3.8) is 0 Å². The molecule has 108 valence electrons. The number of β-amino-alcohol motifs (C(OH)–C–C–N with tert-alkyl or cyclic N) is 1. The molecule has 0 heterocycles. The number of ether oxygens (including phenoxy) is 1. The highest BCUT2D eigenvalue weighted by atomic mass is 16.5. The molecule has 0 spiro atoms. The highest BCUT2D eigenvalue weighted by Crippen LogP contribution is 2.33. The Bertz CT molecular complexity index is 445. The highest BCUT2D eigenvalue weighted by molar-refractivity contribution is 5.46. The van der Waals surface area contributed by atoms with Crippen molar-refractivity contribution >= 4 is 0 Å². The number of methoxy groups -OCH3 is 1. The van der Waals surface area contributed by atoms with Crippen molar-refractivity contribution in [2.24, 2.45) is 0 Å². The Morgan fingerprint density at radius 1 is 1.16 bits per heavy atom. The molecule has 0 amide bonds. The molecule has 0 radical (unpaired) electrons. The van der Waals surface area contributed by atoms with Crippen LogP contribution in [0.2, 0.25) is 0 Å². The first-order valence-corrected chi connectivity index (χ1v) is 6.70. The van der Waals surface area contributed by atoms with Crippen LogP contribution in [0.15, 0.2) is 12.1 Å². The van der Waals surface area contributed by atoms with Crippen molar-refractivity contribution in [1.82, 2.24) is 5.32 Å². The van der Waals surface area contributed by atoms with E-state index in [0.29, 0.717) is 6.54 Å². The van der Waals surface area contributed by atoms with Crippen LogP contribution in [0.3, 0.4) is 0 Å². The first-order chi connectivity index (χ1) is 8.57. The number of nitrogens with one attached hydrogen (secondary N) is 1. The lowest BCUT2D eigenvalue weighted by atomic mass is 9.89. The maximum absolute atomic E-state index is 10.8. The van der Waals surface area contributed by atoms with Crippen molar-refractivity contribution in [2.75, 3.05) is 13.7 Å². The molecule has 0 bridgehead atoms. The molecule has 3 heteroatoms. The normalized spacial score (nSPS) is 15.2. The van der Waals surface area contributed by atoms with Gasteiger partial charge in [0.05, 0.1) is 7.11 Å². The average Bonchev–Trinajstić information content (AvgIpc) is 2.24. The van der Waals surface area contributed by atoms with E-state index >= 15 is 0 Å². The van der Waals surface area contributed by atoms with Gasteiger partial charge in [-0.3, -0.25) is 0 Å². The monoisotopic (exact) mass is 265 g/mol. The third-order valence-electron chi connectivity index (χ3n) is 3.17. The molecule has 0 aliphatic carbocycles. The van der Waals surface area contributed by atoms with Gasteiger partial charge in [-0.25, -0.2) is 0 Å². The fraction of sp³-hybridized carbons (Fsp3) is 0.625. The fourth-order valence-electron chi connectivity index (χ4n) is 2.31. The lowest BCUT2D eigenvalue weighted by Crippen LogP contribution is -2.45. The van der Waals surface area contributed by atoms with Gasteiger partial charge in [-0.05, 0) is 58.7 Å². The SMILES string of the molecule is COc1cc(C)cc(C)c1C(C)(O)CNC(C)(C)C. The Morgan fingerprint density at radius 3 is 2.21 bits per heavy atom. The minimum absolute atomic E-state index is 0.0319. The lowest BCUT2D eigenvalue weighted by Gasteiger charge is -2.32. The van der Waals surface area contributed by atoms with Gasteiger partial charge in [0.25, 0.3) is 0 Å². The van der Waals surface area contributed by atoms with E-state index in [1.807, 2.05) is 26.8 Å². The van der Waals surface area contributed by atoms with Crippen LogP contribution >= 0.6 is 0 Å². The molecular formula is C16H27NO2. The van der Waals surface area contributed by atoms with Gasteiger partial charge in [-0.15, -0.1) is 0 Å². The minimum Gasteiger partial charge on any atom is -0.496 e. The number of hydrogen-bond donors (Lipinski definition) is 2. The molecule has 0 aromatic heterocycles. The summed E-state index contributed by atoms with van der Waals surface area (Å²) in [5, 5.41) is 14.1. The van der Waals surface area contributed by atoms with E-state index in [1.54, 1.807) is 7.11 Å². The number of aryl methyl sites for hydroxylation is 2. The van der Waals surface area contributed by atoms with E-state index in [-0.39, 0.29) is 5.54 Å². The van der Waals surface area contributed by atoms with Crippen molar-refractivity contribution in [2.45, 2.75) is 52.7 Å². The smallest absolute Gasteiger partial charge is 0.125 e. The quantitative estimate of drug-likeness (QED) is 0.879. The molecule has 3 nitrogen and oxygen atoms in total. The van der Waals surface area contributed by atoms with E-state index in [4.69, 9.17) is 4.74 Å². The first kappa shape index (κ1) is 16.0. The van der Waals surface area contributed by atoms with Gasteiger partial charge in [-0.2, -0.15) is 0 Å². The predicted octanol–water partition coefficient (Wildman–Crippen LogP) is 2.91. The van der Waals surface area contributed by atoms with Gasteiger partial charge >= 0.3 is 0 Å². The van der Waals surface area contributed by atoms with E-state index in [1.165, 1.54) is 0 Å². The van der Waals surface area contributed by atoms with E-state index in [2.05, 4.69) is 32.2 Å². The molecule has 1 aromatic rings. The van der Waals surface area contributed by atoms with Crippen molar-refractivity contribution < 1.29 is 9.84 Å². The van der Waals surface area contributed by atoms with Crippen LogP contribution in [-0.4, -0.2) is 24.3 Å². The topological polar surface area (TPSA) is 41.5 Å². The van der Waals surface area contributed by atoms with Gasteiger partial charge in [0.15, 0.2) is 0 Å². The first-order valence-electron chi connectivity index (χ1n) is 6.70. The van der Waals surface area contributed by atoms with Crippen LogP contribution in [0, 0.1) is 13.8 Å². The molecule has 0 fully saturated rings. The third-order valence-corrected chi connectivity index (χ3v) is 3.17. The Balaban J connectivity index is 3.13. The predicted molar refractivity (Wildman–Crippen MR) is 79.8 cm³/mol. The zero-order valence-corrected chi connectivity index (χ0v) is 13.2. The van der Waals surface area contributed by atoms with Gasteiger partial charge in [-0.1, -0.05) is 6.07 Å². The van der Waals surface area contributed by atoms with Crippen molar-refractivity contribution in [1.29, 1.82) is 0 Å². The Labute approximate surface area is 117 Å². The molecule has 19 heavy (non-hydrogen) atoms. The van der Waals surface area contributed by atoms with Crippen LogP contribution in [-0.2, 0) is 5.60 Å². The molecule has 1 aromatic carbocycles. The van der Waals surface area contributed by atoms with Crippen LogP contribution in [0.1, 0.15) is 44.4 Å². The Morgan fingerprint density at radius 2 is 1.74 bits per heavy atom. The molecule has 0 aliphatic rings. The molecule has 1 rings (SSSR count). The average molecular weight is 265 g/mol. The van der Waals surface area contributed by atoms with Crippen LogP contribution in [0.5, 0.6) is 5.75 Å². The number of benzene rings is 1. The van der Waals surface area contributed by atoms with E-state index in [0.717, 1.165) is 22.4 Å². The Kier molecular flexibility index (Phi) is 4.64. The van der Waals surface area contributed by atoms with E-state index in [9.17, 15) is 5.11 Å². The summed E-state index contributed by atoms with van der Waals surface area (Å²) in [6.07, 6.45) is 0. The zero-order valence-electron chi connectivity index (χ0n) is 13.2. The summed E-state index contributed by atoms with van der Waals surface area (Å²) in [4.78, 5) is 0. The summed E-state index contributed by atoms with van der Waals surface area (Å²) in [6.45, 7) is 12.6. The summed E-state index contributed by atoms with van der Waals surface area (Å²) in [7, 11) is 1.64. The molecule has 2 N–H and O–H groups in total. The molecule has 0 saturated heterocycles. The number of rotatable bonds is 4. The maximum atomic E-state index is 10.8. The van der Waals surface area contributed by atoms with Crippen LogP contribution < -0.4 is 10.1 Å².